The first-order valence-electron chi connectivity index (χ1n) is 13.8. The van der Waals surface area contributed by atoms with Crippen LogP contribution in [0.5, 0.6) is 5.75 Å². The van der Waals surface area contributed by atoms with Gasteiger partial charge in [-0.15, -0.1) is 0 Å². The van der Waals surface area contributed by atoms with Gasteiger partial charge in [0.1, 0.15) is 11.4 Å². The van der Waals surface area contributed by atoms with Crippen molar-refractivity contribution in [2.45, 2.75) is 32.4 Å². The van der Waals surface area contributed by atoms with Gasteiger partial charge in [-0.05, 0) is 78.7 Å². The first kappa shape index (κ1) is 25.4. The number of esters is 1. The number of anilines is 1. The van der Waals surface area contributed by atoms with Gasteiger partial charge in [0.25, 0.3) is 0 Å². The van der Waals surface area contributed by atoms with Crippen molar-refractivity contribution in [1.82, 2.24) is 14.5 Å². The van der Waals surface area contributed by atoms with Gasteiger partial charge in [0.2, 0.25) is 0 Å². The maximum absolute atomic E-state index is 11.7. The van der Waals surface area contributed by atoms with E-state index in [-0.39, 0.29) is 5.97 Å². The number of hydrogen-bond acceptors (Lipinski definition) is 6. The van der Waals surface area contributed by atoms with Crippen molar-refractivity contribution in [3.05, 3.63) is 89.7 Å². The van der Waals surface area contributed by atoms with E-state index in [4.69, 9.17) is 14.5 Å². The van der Waals surface area contributed by atoms with E-state index in [1.54, 1.807) is 7.11 Å². The average Bonchev–Trinajstić information content (AvgIpc) is 3.57. The predicted molar refractivity (Wildman–Crippen MR) is 153 cm³/mol. The molecule has 202 valence electrons. The molecule has 0 radical (unpaired) electrons. The maximum Gasteiger partial charge on any atom is 0.337 e. The Hall–Kier alpha value is -3.84. The molecule has 7 nitrogen and oxygen atoms in total. The zero-order chi connectivity index (χ0) is 26.8. The molecule has 0 atom stereocenters. The second kappa shape index (κ2) is 10.7. The molecule has 6 rings (SSSR count). The smallest absolute Gasteiger partial charge is 0.337 e. The van der Waals surface area contributed by atoms with Gasteiger partial charge in [-0.1, -0.05) is 24.3 Å². The van der Waals surface area contributed by atoms with Crippen LogP contribution < -0.4 is 9.64 Å². The van der Waals surface area contributed by atoms with Crippen LogP contribution in [0.1, 0.15) is 40.7 Å². The molecule has 2 aromatic carbocycles. The molecule has 2 aliphatic heterocycles. The molecule has 0 saturated carbocycles. The third-order valence-electron chi connectivity index (χ3n) is 8.61. The van der Waals surface area contributed by atoms with Crippen LogP contribution in [0.3, 0.4) is 0 Å². The molecular weight excluding hydrogens is 488 g/mol. The van der Waals surface area contributed by atoms with Crippen molar-refractivity contribution in [2.24, 2.45) is 5.41 Å². The Morgan fingerprint density at radius 1 is 0.872 bits per heavy atom. The van der Waals surface area contributed by atoms with Crippen molar-refractivity contribution in [3.63, 3.8) is 0 Å². The summed E-state index contributed by atoms with van der Waals surface area (Å²) in [5.74, 6) is 0.601. The van der Waals surface area contributed by atoms with Crippen molar-refractivity contribution in [2.75, 3.05) is 45.3 Å². The summed E-state index contributed by atoms with van der Waals surface area (Å²) < 4.78 is 12.3. The summed E-state index contributed by atoms with van der Waals surface area (Å²) in [5, 5.41) is 1.20. The zero-order valence-corrected chi connectivity index (χ0v) is 22.8. The minimum absolute atomic E-state index is 0.315. The Balaban J connectivity index is 1.10. The van der Waals surface area contributed by atoms with E-state index in [0.717, 1.165) is 36.6 Å². The quantitative estimate of drug-likeness (QED) is 0.303. The van der Waals surface area contributed by atoms with E-state index >= 15 is 0 Å². The second-order valence-electron chi connectivity index (χ2n) is 11.0. The Bertz CT molecular complexity index is 1440. The van der Waals surface area contributed by atoms with Gasteiger partial charge in [-0.3, -0.25) is 4.90 Å². The van der Waals surface area contributed by atoms with Gasteiger partial charge in [0.05, 0.1) is 19.8 Å². The number of piperidine rings is 1. The number of benzene rings is 2. The van der Waals surface area contributed by atoms with Gasteiger partial charge < -0.3 is 18.9 Å². The van der Waals surface area contributed by atoms with Crippen molar-refractivity contribution in [1.29, 1.82) is 0 Å². The second-order valence-corrected chi connectivity index (χ2v) is 11.0. The summed E-state index contributed by atoms with van der Waals surface area (Å²) in [6.07, 6.45) is 7.79. The lowest BCUT2D eigenvalue weighted by molar-refractivity contribution is 0.0600. The molecule has 0 bridgehead atoms. The lowest BCUT2D eigenvalue weighted by Crippen LogP contribution is -2.41. The number of aromatic nitrogens is 2. The number of rotatable bonds is 7. The first-order valence-corrected chi connectivity index (χ1v) is 13.8. The lowest BCUT2D eigenvalue weighted by atomic mass is 9.77. The molecule has 2 aromatic heterocycles. The minimum Gasteiger partial charge on any atom is -0.497 e. The lowest BCUT2D eigenvalue weighted by Gasteiger charge is -2.40. The minimum atomic E-state index is -0.315. The molecular formula is C32H36N4O3. The number of likely N-dealkylation sites (tertiary alicyclic amines) is 1. The van der Waals surface area contributed by atoms with Crippen LogP contribution in [-0.4, -0.2) is 60.8 Å². The molecule has 39 heavy (non-hydrogen) atoms. The Morgan fingerprint density at radius 3 is 2.28 bits per heavy atom. The van der Waals surface area contributed by atoms with E-state index in [0.29, 0.717) is 17.5 Å². The van der Waals surface area contributed by atoms with Gasteiger partial charge in [-0.25, -0.2) is 9.78 Å². The molecule has 0 aliphatic carbocycles. The number of carbonyl (C=O) groups excluding carboxylic acids is 1. The summed E-state index contributed by atoms with van der Waals surface area (Å²) in [4.78, 5) is 21.7. The van der Waals surface area contributed by atoms with E-state index in [1.807, 2.05) is 30.5 Å². The molecule has 4 heterocycles. The number of ether oxygens (including phenoxy) is 2. The van der Waals surface area contributed by atoms with Crippen LogP contribution in [0.4, 0.5) is 5.69 Å². The van der Waals surface area contributed by atoms with E-state index in [1.165, 1.54) is 56.1 Å². The Kier molecular flexibility index (Phi) is 7.00. The summed E-state index contributed by atoms with van der Waals surface area (Å²) in [5.41, 5.74) is 5.74. The van der Waals surface area contributed by atoms with Gasteiger partial charge in [0.15, 0.2) is 0 Å². The SMILES string of the molecule is COC(=O)c1ccc(Cn2ccc3c(N4CCC5(CCN(Cc6ccc(OC)cc6)C5)CC4)ccnc32)cc1. The van der Waals surface area contributed by atoms with Gasteiger partial charge >= 0.3 is 5.97 Å². The highest BCUT2D eigenvalue weighted by molar-refractivity contribution is 5.90. The number of hydrogen-bond donors (Lipinski definition) is 0. The molecule has 7 heteroatoms. The topological polar surface area (TPSA) is 59.8 Å². The van der Waals surface area contributed by atoms with Crippen LogP contribution in [0.15, 0.2) is 73.1 Å². The number of fused-ring (bicyclic) bond motifs is 1. The molecule has 0 N–H and O–H groups in total. The number of nitrogens with zero attached hydrogens (tertiary/aromatic N) is 4. The maximum atomic E-state index is 11.7. The largest absolute Gasteiger partial charge is 0.497 e. The molecule has 0 unspecified atom stereocenters. The van der Waals surface area contributed by atoms with Crippen LogP contribution >= 0.6 is 0 Å². The third-order valence-corrected chi connectivity index (χ3v) is 8.61. The van der Waals surface area contributed by atoms with Crippen molar-refractivity contribution in [3.8, 4) is 5.75 Å². The summed E-state index contributed by atoms with van der Waals surface area (Å²) >= 11 is 0. The van der Waals surface area contributed by atoms with E-state index in [2.05, 4.69) is 57.0 Å². The summed E-state index contributed by atoms with van der Waals surface area (Å²) in [6, 6.07) is 20.4. The highest BCUT2D eigenvalue weighted by Crippen LogP contribution is 2.42. The van der Waals surface area contributed by atoms with Crippen LogP contribution in [0, 0.1) is 5.41 Å². The zero-order valence-electron chi connectivity index (χ0n) is 22.8. The molecule has 1 spiro atoms. The van der Waals surface area contributed by atoms with Crippen LogP contribution in [0.25, 0.3) is 11.0 Å². The fraction of sp³-hybridized carbons (Fsp3) is 0.375. The molecule has 2 fully saturated rings. The van der Waals surface area contributed by atoms with Gasteiger partial charge in [-0.2, -0.15) is 0 Å². The molecule has 4 aromatic rings. The molecule has 0 amide bonds. The van der Waals surface area contributed by atoms with Crippen LogP contribution in [0.2, 0.25) is 0 Å². The highest BCUT2D eigenvalue weighted by atomic mass is 16.5. The van der Waals surface area contributed by atoms with Crippen LogP contribution in [-0.2, 0) is 17.8 Å². The van der Waals surface area contributed by atoms with E-state index in [9.17, 15) is 4.79 Å². The molecule has 2 saturated heterocycles. The summed E-state index contributed by atoms with van der Waals surface area (Å²) in [6.45, 7) is 6.23. The van der Waals surface area contributed by atoms with E-state index < -0.39 is 0 Å². The number of pyridine rings is 1. The number of methoxy groups -OCH3 is 2. The van der Waals surface area contributed by atoms with Crippen molar-refractivity contribution < 1.29 is 14.3 Å². The highest BCUT2D eigenvalue weighted by Gasteiger charge is 2.40. The fourth-order valence-corrected chi connectivity index (χ4v) is 6.32. The van der Waals surface area contributed by atoms with Crippen molar-refractivity contribution >= 4 is 22.7 Å². The number of carbonyl (C=O) groups is 1. The predicted octanol–water partition coefficient (Wildman–Crippen LogP) is 5.37. The third kappa shape index (κ3) is 5.23. The summed E-state index contributed by atoms with van der Waals surface area (Å²) in [7, 11) is 3.12. The Labute approximate surface area is 230 Å². The standard InChI is InChI=1S/C32H36N4O3/c1-38-27-9-5-24(6-10-27)21-34-18-13-32(23-34)14-19-35(20-15-32)29-11-16-33-30-28(29)12-17-36(30)22-25-3-7-26(8-4-25)31(37)39-2/h3-12,16-17H,13-15,18-23H2,1-2H3. The fourth-order valence-electron chi connectivity index (χ4n) is 6.32. The Morgan fingerprint density at radius 2 is 1.56 bits per heavy atom. The normalized spacial score (nSPS) is 17.1. The monoisotopic (exact) mass is 524 g/mol. The first-order chi connectivity index (χ1) is 19.1. The van der Waals surface area contributed by atoms with Gasteiger partial charge in [0, 0.05) is 56.2 Å². The average molecular weight is 525 g/mol. The molecule has 2 aliphatic rings.